The molecule has 2 N–H and O–H groups in total. The van der Waals surface area contributed by atoms with Crippen LogP contribution in [0.1, 0.15) is 16.8 Å². The number of pyridine rings is 1. The molecule has 98 valence electrons. The number of halogens is 1. The Labute approximate surface area is 122 Å². The normalized spacial score (nSPS) is 10.3. The minimum atomic E-state index is 0.318. The predicted octanol–water partition coefficient (Wildman–Crippen LogP) is 3.78. The van der Waals surface area contributed by atoms with Crippen molar-refractivity contribution in [3.8, 4) is 11.6 Å². The minimum absolute atomic E-state index is 0.318. The molecule has 0 spiro atoms. The summed E-state index contributed by atoms with van der Waals surface area (Å²) >= 11 is 10.9. The number of aromatic nitrogens is 1. The maximum absolute atomic E-state index is 5.95. The molecular weight excluding hydrogens is 280 g/mol. The van der Waals surface area contributed by atoms with Gasteiger partial charge in [0.25, 0.3) is 0 Å². The van der Waals surface area contributed by atoms with Crippen LogP contribution < -0.4 is 10.5 Å². The van der Waals surface area contributed by atoms with Crippen molar-refractivity contribution in [2.75, 3.05) is 0 Å². The molecule has 0 saturated carbocycles. The molecule has 19 heavy (non-hydrogen) atoms. The second kappa shape index (κ2) is 5.55. The first-order valence-corrected chi connectivity index (χ1v) is 6.47. The molecule has 0 radical (unpaired) electrons. The summed E-state index contributed by atoms with van der Waals surface area (Å²) in [4.78, 5) is 4.62. The van der Waals surface area contributed by atoms with Crippen molar-refractivity contribution < 1.29 is 4.74 Å². The number of aryl methyl sites for hydroxylation is 2. The molecule has 0 aliphatic heterocycles. The van der Waals surface area contributed by atoms with Crippen molar-refractivity contribution in [3.05, 3.63) is 52.2 Å². The van der Waals surface area contributed by atoms with E-state index in [1.165, 1.54) is 0 Å². The maximum atomic E-state index is 5.95. The fourth-order valence-electron chi connectivity index (χ4n) is 1.63. The van der Waals surface area contributed by atoms with Crippen molar-refractivity contribution in [2.24, 2.45) is 5.73 Å². The van der Waals surface area contributed by atoms with Gasteiger partial charge in [-0.15, -0.1) is 0 Å². The highest BCUT2D eigenvalue weighted by molar-refractivity contribution is 7.80. The van der Waals surface area contributed by atoms with Crippen LogP contribution in [-0.2, 0) is 0 Å². The molecule has 0 amide bonds. The van der Waals surface area contributed by atoms with E-state index in [-0.39, 0.29) is 0 Å². The van der Waals surface area contributed by atoms with Gasteiger partial charge in [0.05, 0.1) is 0 Å². The largest absolute Gasteiger partial charge is 0.439 e. The zero-order valence-corrected chi connectivity index (χ0v) is 12.2. The maximum Gasteiger partial charge on any atom is 0.220 e. The van der Waals surface area contributed by atoms with Gasteiger partial charge in [0.15, 0.2) is 0 Å². The lowest BCUT2D eigenvalue weighted by Crippen LogP contribution is -2.10. The summed E-state index contributed by atoms with van der Waals surface area (Å²) in [5.74, 6) is 1.12. The van der Waals surface area contributed by atoms with E-state index in [0.717, 1.165) is 16.8 Å². The molecule has 0 aliphatic rings. The lowest BCUT2D eigenvalue weighted by atomic mass is 10.2. The Morgan fingerprint density at radius 1 is 1.26 bits per heavy atom. The zero-order chi connectivity index (χ0) is 14.0. The first kappa shape index (κ1) is 13.8. The van der Waals surface area contributed by atoms with Gasteiger partial charge in [-0.1, -0.05) is 29.9 Å². The second-order valence-electron chi connectivity index (χ2n) is 4.21. The third-order valence-electron chi connectivity index (χ3n) is 2.58. The van der Waals surface area contributed by atoms with E-state index < -0.39 is 0 Å². The van der Waals surface area contributed by atoms with Gasteiger partial charge in [0.2, 0.25) is 5.88 Å². The van der Waals surface area contributed by atoms with Crippen LogP contribution in [-0.4, -0.2) is 9.97 Å². The number of nitrogens with zero attached hydrogens (tertiary/aromatic N) is 1. The topological polar surface area (TPSA) is 48.1 Å². The van der Waals surface area contributed by atoms with E-state index >= 15 is 0 Å². The van der Waals surface area contributed by atoms with Crippen LogP contribution in [0.2, 0.25) is 5.02 Å². The molecule has 2 rings (SSSR count). The van der Waals surface area contributed by atoms with Gasteiger partial charge >= 0.3 is 0 Å². The average Bonchev–Trinajstić information content (AvgIpc) is 2.33. The number of hydrogen-bond donors (Lipinski definition) is 1. The van der Waals surface area contributed by atoms with Gasteiger partial charge < -0.3 is 10.5 Å². The number of thiocarbonyl (C=S) groups is 1. The van der Waals surface area contributed by atoms with Gasteiger partial charge in [-0.05, 0) is 37.6 Å². The Bertz CT molecular complexity index is 643. The summed E-state index contributed by atoms with van der Waals surface area (Å²) in [5, 5.41) is 0.614. The van der Waals surface area contributed by atoms with Crippen LogP contribution in [0.3, 0.4) is 0 Å². The average molecular weight is 293 g/mol. The monoisotopic (exact) mass is 292 g/mol. The van der Waals surface area contributed by atoms with Crippen LogP contribution in [0.4, 0.5) is 0 Å². The lowest BCUT2D eigenvalue weighted by Gasteiger charge is -2.10. The van der Waals surface area contributed by atoms with Crippen LogP contribution >= 0.6 is 23.8 Å². The van der Waals surface area contributed by atoms with Gasteiger partial charge in [0, 0.05) is 22.3 Å². The Kier molecular flexibility index (Phi) is 4.02. The summed E-state index contributed by atoms with van der Waals surface area (Å²) < 4.78 is 5.75. The van der Waals surface area contributed by atoms with Crippen molar-refractivity contribution in [1.29, 1.82) is 0 Å². The van der Waals surface area contributed by atoms with Crippen molar-refractivity contribution >= 4 is 28.8 Å². The quantitative estimate of drug-likeness (QED) is 0.875. The lowest BCUT2D eigenvalue weighted by molar-refractivity contribution is 0.458. The molecule has 1 aromatic heterocycles. The molecule has 0 saturated heterocycles. The van der Waals surface area contributed by atoms with Crippen molar-refractivity contribution in [3.63, 3.8) is 0 Å². The van der Waals surface area contributed by atoms with Crippen molar-refractivity contribution in [1.82, 2.24) is 4.98 Å². The molecule has 0 bridgehead atoms. The van der Waals surface area contributed by atoms with Crippen molar-refractivity contribution in [2.45, 2.75) is 13.8 Å². The second-order valence-corrected chi connectivity index (χ2v) is 5.09. The molecule has 1 aromatic carbocycles. The number of benzene rings is 1. The molecule has 0 unspecified atom stereocenters. The van der Waals surface area contributed by atoms with Crippen LogP contribution in [0, 0.1) is 13.8 Å². The van der Waals surface area contributed by atoms with Gasteiger partial charge in [0.1, 0.15) is 10.7 Å². The summed E-state index contributed by atoms with van der Waals surface area (Å²) in [5.41, 5.74) is 8.13. The Hall–Kier alpha value is -1.65. The summed E-state index contributed by atoms with van der Waals surface area (Å²) in [6.45, 7) is 3.80. The fourth-order valence-corrected chi connectivity index (χ4v) is 1.91. The predicted molar refractivity (Wildman–Crippen MR) is 81.1 cm³/mol. The number of hydrogen-bond acceptors (Lipinski definition) is 3. The summed E-state index contributed by atoms with van der Waals surface area (Å²) in [7, 11) is 0. The Balaban J connectivity index is 2.38. The van der Waals surface area contributed by atoms with Crippen LogP contribution in [0.5, 0.6) is 11.6 Å². The first-order valence-electron chi connectivity index (χ1n) is 5.68. The summed E-state index contributed by atoms with van der Waals surface area (Å²) in [6, 6.07) is 8.99. The van der Waals surface area contributed by atoms with Crippen LogP contribution in [0.25, 0.3) is 0 Å². The highest BCUT2D eigenvalue weighted by atomic mass is 35.5. The molecule has 0 aliphatic carbocycles. The molecule has 0 fully saturated rings. The molecule has 1 heterocycles. The van der Waals surface area contributed by atoms with E-state index in [4.69, 9.17) is 34.3 Å². The smallest absolute Gasteiger partial charge is 0.220 e. The van der Waals surface area contributed by atoms with E-state index in [1.54, 1.807) is 12.1 Å². The Morgan fingerprint density at radius 2 is 2.00 bits per heavy atom. The first-order chi connectivity index (χ1) is 8.95. The molecule has 3 nitrogen and oxygen atoms in total. The van der Waals surface area contributed by atoms with E-state index in [2.05, 4.69) is 4.98 Å². The molecule has 0 atom stereocenters. The third-order valence-corrected chi connectivity index (χ3v) is 3.05. The van der Waals surface area contributed by atoms with E-state index in [1.807, 2.05) is 32.0 Å². The number of ether oxygens (including phenoxy) is 1. The zero-order valence-electron chi connectivity index (χ0n) is 10.6. The molecular formula is C14H13ClN2OS. The van der Waals surface area contributed by atoms with E-state index in [0.29, 0.717) is 21.6 Å². The number of nitrogens with two attached hydrogens (primary N) is 1. The number of rotatable bonds is 3. The Morgan fingerprint density at radius 3 is 2.68 bits per heavy atom. The third kappa shape index (κ3) is 3.43. The van der Waals surface area contributed by atoms with Crippen LogP contribution in [0.15, 0.2) is 30.3 Å². The minimum Gasteiger partial charge on any atom is -0.439 e. The summed E-state index contributed by atoms with van der Waals surface area (Å²) in [6.07, 6.45) is 0. The standard InChI is InChI=1S/C14H13ClN2OS/c1-8-3-4-11(15)7-12(8)18-13-6-10(14(16)19)5-9(2)17-13/h3-7H,1-2H3,(H2,16,19). The van der Waals surface area contributed by atoms with E-state index in [9.17, 15) is 0 Å². The SMILES string of the molecule is Cc1cc(C(N)=S)cc(Oc2cc(Cl)ccc2C)n1. The van der Waals surface area contributed by atoms with Gasteiger partial charge in [-0.2, -0.15) is 0 Å². The molecule has 2 aromatic rings. The van der Waals surface area contributed by atoms with Gasteiger partial charge in [-0.3, -0.25) is 0 Å². The fraction of sp³-hybridized carbons (Fsp3) is 0.143. The molecule has 5 heteroatoms. The highest BCUT2D eigenvalue weighted by Gasteiger charge is 2.07. The van der Waals surface area contributed by atoms with Gasteiger partial charge in [-0.25, -0.2) is 4.98 Å². The highest BCUT2D eigenvalue weighted by Crippen LogP contribution is 2.27.